The normalized spacial score (nSPS) is 13.7. The van der Waals surface area contributed by atoms with Crippen molar-refractivity contribution in [2.75, 3.05) is 12.4 Å². The molecule has 3 heterocycles. The number of anilines is 1. The van der Waals surface area contributed by atoms with Crippen LogP contribution in [0.3, 0.4) is 0 Å². The summed E-state index contributed by atoms with van der Waals surface area (Å²) in [6.45, 7) is 0. The van der Waals surface area contributed by atoms with Crippen molar-refractivity contribution in [2.45, 2.75) is 25.3 Å². The van der Waals surface area contributed by atoms with Gasteiger partial charge in [-0.2, -0.15) is 4.68 Å². The Morgan fingerprint density at radius 3 is 2.58 bits per heavy atom. The van der Waals surface area contributed by atoms with E-state index in [4.69, 9.17) is 16.6 Å². The number of imidazole rings is 1. The van der Waals surface area contributed by atoms with Gasteiger partial charge in [-0.25, -0.2) is 14.2 Å². The Bertz CT molecular complexity index is 1630. The molecule has 1 aliphatic carbocycles. The van der Waals surface area contributed by atoms with Crippen molar-refractivity contribution in [3.63, 3.8) is 0 Å². The molecule has 3 aromatic heterocycles. The third-order valence-corrected chi connectivity index (χ3v) is 7.20. The van der Waals surface area contributed by atoms with Crippen molar-refractivity contribution in [2.24, 2.45) is 5.92 Å². The first-order chi connectivity index (χ1) is 19.5. The molecule has 1 N–H and O–H groups in total. The Balaban J connectivity index is 1.29. The zero-order valence-corrected chi connectivity index (χ0v) is 22.2. The van der Waals surface area contributed by atoms with Crippen LogP contribution in [-0.2, 0) is 4.74 Å². The molecule has 1 unspecified atom stereocenters. The van der Waals surface area contributed by atoms with Gasteiger partial charge in [0, 0.05) is 34.8 Å². The number of nitrogens with zero attached hydrogens (tertiary/aromatic N) is 7. The van der Waals surface area contributed by atoms with Crippen molar-refractivity contribution in [3.05, 3.63) is 90.1 Å². The molecule has 0 aliphatic heterocycles. The van der Waals surface area contributed by atoms with Crippen LogP contribution in [0.25, 0.3) is 28.1 Å². The van der Waals surface area contributed by atoms with E-state index in [1.807, 2.05) is 36.8 Å². The molecule has 6 rings (SSSR count). The molecule has 0 saturated heterocycles. The molecule has 5 aromatic rings. The highest BCUT2D eigenvalue weighted by Crippen LogP contribution is 2.40. The molecular weight excluding hydrogens is 535 g/mol. The number of methoxy groups -OCH3 is 1. The number of amides is 1. The minimum atomic E-state index is -0.564. The van der Waals surface area contributed by atoms with Crippen molar-refractivity contribution in [1.29, 1.82) is 0 Å². The van der Waals surface area contributed by atoms with Gasteiger partial charge in [-0.3, -0.25) is 10.3 Å². The molecule has 1 amide bonds. The molecule has 1 aliphatic rings. The standard InChI is InChI=1S/C28H24ClFN8O2/c1-40-28(39)34-20-7-4-18(5-8-20)23-14-37(15-32-23)25(12-17-2-3-17)22-10-6-19(13-31-22)26-24(38-16-33-35-36-38)11-9-21(29)27(26)30/h4-11,13-17,25H,2-3,12H2,1H3,(H,34,39). The minimum Gasteiger partial charge on any atom is -0.453 e. The number of rotatable bonds is 8. The SMILES string of the molecule is COC(=O)Nc1ccc(-c2cn(C(CC3CC3)c3ccc(-c4c(-n5cnnn5)ccc(Cl)c4F)cn3)cn2)cc1. The fourth-order valence-corrected chi connectivity index (χ4v) is 4.80. The summed E-state index contributed by atoms with van der Waals surface area (Å²) in [7, 11) is 1.32. The van der Waals surface area contributed by atoms with E-state index in [0.717, 1.165) is 23.4 Å². The molecule has 1 saturated carbocycles. The molecule has 0 bridgehead atoms. The van der Waals surface area contributed by atoms with E-state index in [0.29, 0.717) is 22.9 Å². The van der Waals surface area contributed by atoms with Crippen LogP contribution in [0.2, 0.25) is 5.02 Å². The monoisotopic (exact) mass is 558 g/mol. The van der Waals surface area contributed by atoms with Crippen LogP contribution in [0, 0.1) is 11.7 Å². The molecule has 1 fully saturated rings. The second-order valence-electron chi connectivity index (χ2n) is 9.58. The topological polar surface area (TPSA) is 113 Å². The van der Waals surface area contributed by atoms with Gasteiger partial charge in [-0.1, -0.05) is 42.6 Å². The minimum absolute atomic E-state index is 0.00238. The van der Waals surface area contributed by atoms with Crippen molar-refractivity contribution in [3.8, 4) is 28.1 Å². The predicted molar refractivity (Wildman–Crippen MR) is 147 cm³/mol. The predicted octanol–water partition coefficient (Wildman–Crippen LogP) is 5.95. The van der Waals surface area contributed by atoms with Crippen LogP contribution in [0.5, 0.6) is 0 Å². The Kier molecular flexibility index (Phi) is 6.95. The Labute approximate surface area is 233 Å². The first-order valence-electron chi connectivity index (χ1n) is 12.7. The van der Waals surface area contributed by atoms with E-state index < -0.39 is 11.9 Å². The number of aromatic nitrogens is 7. The van der Waals surface area contributed by atoms with Crippen LogP contribution >= 0.6 is 11.6 Å². The number of hydrogen-bond donors (Lipinski definition) is 1. The number of halogens is 2. The fourth-order valence-electron chi connectivity index (χ4n) is 4.64. The summed E-state index contributed by atoms with van der Waals surface area (Å²) in [6, 6.07) is 14.3. The molecule has 2 aromatic carbocycles. The summed E-state index contributed by atoms with van der Waals surface area (Å²) in [6.07, 6.45) is 9.64. The number of carbonyl (C=O) groups is 1. The zero-order valence-electron chi connectivity index (χ0n) is 21.4. The van der Waals surface area contributed by atoms with Crippen LogP contribution in [0.1, 0.15) is 31.0 Å². The molecule has 40 heavy (non-hydrogen) atoms. The van der Waals surface area contributed by atoms with E-state index in [1.54, 1.807) is 24.4 Å². The van der Waals surface area contributed by atoms with E-state index >= 15 is 4.39 Å². The molecule has 12 heteroatoms. The van der Waals surface area contributed by atoms with Crippen molar-refractivity contribution < 1.29 is 13.9 Å². The third-order valence-electron chi connectivity index (χ3n) is 6.91. The molecular formula is C28H24ClFN8O2. The number of carbonyl (C=O) groups excluding carboxylic acids is 1. The Morgan fingerprint density at radius 1 is 1.10 bits per heavy atom. The van der Waals surface area contributed by atoms with E-state index in [1.165, 1.54) is 37.0 Å². The maximum absolute atomic E-state index is 15.2. The summed E-state index contributed by atoms with van der Waals surface area (Å²) >= 11 is 6.12. The summed E-state index contributed by atoms with van der Waals surface area (Å²) in [4.78, 5) is 20.9. The van der Waals surface area contributed by atoms with Crippen molar-refractivity contribution >= 4 is 23.4 Å². The maximum Gasteiger partial charge on any atom is 0.411 e. The molecule has 0 spiro atoms. The number of hydrogen-bond acceptors (Lipinski definition) is 7. The molecule has 0 radical (unpaired) electrons. The third kappa shape index (κ3) is 5.28. The Hall–Kier alpha value is -4.64. The average molecular weight is 559 g/mol. The summed E-state index contributed by atoms with van der Waals surface area (Å²) < 4.78 is 23.3. The Morgan fingerprint density at radius 2 is 1.90 bits per heavy atom. The van der Waals surface area contributed by atoms with Gasteiger partial charge >= 0.3 is 6.09 Å². The highest BCUT2D eigenvalue weighted by Gasteiger charge is 2.28. The number of pyridine rings is 1. The van der Waals surface area contributed by atoms with Gasteiger partial charge in [0.1, 0.15) is 6.33 Å². The maximum atomic E-state index is 15.2. The molecule has 1 atom stereocenters. The number of tetrazole rings is 1. The first-order valence-corrected chi connectivity index (χ1v) is 13.0. The quantitative estimate of drug-likeness (QED) is 0.250. The largest absolute Gasteiger partial charge is 0.453 e. The smallest absolute Gasteiger partial charge is 0.411 e. The number of ether oxygens (including phenoxy) is 1. The average Bonchev–Trinajstić information content (AvgIpc) is 3.41. The van der Waals surface area contributed by atoms with Crippen LogP contribution in [-0.4, -0.2) is 47.9 Å². The zero-order chi connectivity index (χ0) is 27.6. The van der Waals surface area contributed by atoms with Crippen LogP contribution in [0.4, 0.5) is 14.9 Å². The lowest BCUT2D eigenvalue weighted by Gasteiger charge is -2.19. The summed E-state index contributed by atoms with van der Waals surface area (Å²) in [5.74, 6) is 0.0589. The van der Waals surface area contributed by atoms with Gasteiger partial charge < -0.3 is 9.30 Å². The van der Waals surface area contributed by atoms with Gasteiger partial charge in [-0.15, -0.1) is 5.10 Å². The molecule has 202 valence electrons. The van der Waals surface area contributed by atoms with Gasteiger partial charge in [-0.05, 0) is 53.1 Å². The van der Waals surface area contributed by atoms with Gasteiger partial charge in [0.2, 0.25) is 0 Å². The molecule has 10 nitrogen and oxygen atoms in total. The second-order valence-corrected chi connectivity index (χ2v) is 9.98. The lowest BCUT2D eigenvalue weighted by molar-refractivity contribution is 0.187. The lowest BCUT2D eigenvalue weighted by atomic mass is 10.0. The fraction of sp³-hybridized carbons (Fsp3) is 0.214. The van der Waals surface area contributed by atoms with E-state index in [-0.39, 0.29) is 16.6 Å². The number of benzene rings is 2. The van der Waals surface area contributed by atoms with E-state index in [2.05, 4.69) is 35.1 Å². The van der Waals surface area contributed by atoms with Crippen molar-refractivity contribution in [1.82, 2.24) is 34.7 Å². The van der Waals surface area contributed by atoms with Gasteiger partial charge in [0.05, 0.1) is 41.6 Å². The van der Waals surface area contributed by atoms with Crippen LogP contribution < -0.4 is 5.32 Å². The van der Waals surface area contributed by atoms with Crippen LogP contribution in [0.15, 0.2) is 73.6 Å². The lowest BCUT2D eigenvalue weighted by Crippen LogP contribution is -2.12. The number of nitrogens with one attached hydrogen (secondary N) is 1. The second kappa shape index (κ2) is 10.9. The summed E-state index contributed by atoms with van der Waals surface area (Å²) in [5, 5.41) is 13.9. The van der Waals surface area contributed by atoms with Gasteiger partial charge in [0.15, 0.2) is 5.82 Å². The van der Waals surface area contributed by atoms with E-state index in [9.17, 15) is 4.79 Å². The first kappa shape index (κ1) is 25.6. The van der Waals surface area contributed by atoms with Gasteiger partial charge in [0.25, 0.3) is 0 Å². The summed E-state index contributed by atoms with van der Waals surface area (Å²) in [5.41, 5.74) is 4.49. The highest BCUT2D eigenvalue weighted by atomic mass is 35.5. The highest BCUT2D eigenvalue weighted by molar-refractivity contribution is 6.31.